The fourth-order valence-corrected chi connectivity index (χ4v) is 4.56. The lowest BCUT2D eigenvalue weighted by atomic mass is 10.2. The first-order valence-electron chi connectivity index (χ1n) is 10.4. The molecule has 34 heavy (non-hydrogen) atoms. The average Bonchev–Trinajstić information content (AvgIpc) is 2.83. The van der Waals surface area contributed by atoms with Gasteiger partial charge in [0.25, 0.3) is 15.9 Å². The van der Waals surface area contributed by atoms with Crippen LogP contribution in [-0.4, -0.2) is 41.3 Å². The van der Waals surface area contributed by atoms with Crippen molar-refractivity contribution in [2.75, 3.05) is 25.1 Å². The molecule has 0 radical (unpaired) electrons. The maximum atomic E-state index is 13.6. The SMILES string of the molecule is COc1ccc(N(CC(=O)N/N=C\c2ccc(C)cc2)S(=O)(=O)c2ccc(C)cc2)c(OC)c1. The molecule has 3 rings (SSSR count). The van der Waals surface area contributed by atoms with Crippen LogP contribution in [0.1, 0.15) is 16.7 Å². The van der Waals surface area contributed by atoms with Crippen LogP contribution in [0.4, 0.5) is 5.69 Å². The molecule has 8 nitrogen and oxygen atoms in total. The quantitative estimate of drug-likeness (QED) is 0.372. The third-order valence-corrected chi connectivity index (χ3v) is 6.81. The van der Waals surface area contributed by atoms with Gasteiger partial charge in [-0.25, -0.2) is 13.8 Å². The normalized spacial score (nSPS) is 11.3. The molecule has 0 bridgehead atoms. The smallest absolute Gasteiger partial charge is 0.264 e. The minimum Gasteiger partial charge on any atom is -0.497 e. The van der Waals surface area contributed by atoms with Gasteiger partial charge in [0.2, 0.25) is 0 Å². The van der Waals surface area contributed by atoms with Crippen LogP contribution in [0.5, 0.6) is 11.5 Å². The van der Waals surface area contributed by atoms with Gasteiger partial charge >= 0.3 is 0 Å². The van der Waals surface area contributed by atoms with Gasteiger partial charge in [0, 0.05) is 6.07 Å². The molecule has 3 aromatic carbocycles. The van der Waals surface area contributed by atoms with Gasteiger partial charge in [-0.15, -0.1) is 0 Å². The number of aryl methyl sites for hydroxylation is 2. The molecule has 0 unspecified atom stereocenters. The van der Waals surface area contributed by atoms with Gasteiger partial charge in [0.1, 0.15) is 18.0 Å². The van der Waals surface area contributed by atoms with E-state index in [0.717, 1.165) is 21.0 Å². The topological polar surface area (TPSA) is 97.3 Å². The molecule has 0 aromatic heterocycles. The highest BCUT2D eigenvalue weighted by Gasteiger charge is 2.29. The summed E-state index contributed by atoms with van der Waals surface area (Å²) in [5.41, 5.74) is 5.41. The van der Waals surface area contributed by atoms with Crippen LogP contribution in [0, 0.1) is 13.8 Å². The molecule has 0 heterocycles. The molecule has 0 fully saturated rings. The van der Waals surface area contributed by atoms with E-state index in [0.29, 0.717) is 5.75 Å². The second kappa shape index (κ2) is 10.8. The number of rotatable bonds is 9. The fourth-order valence-electron chi connectivity index (χ4n) is 3.13. The summed E-state index contributed by atoms with van der Waals surface area (Å²) in [6.07, 6.45) is 1.49. The number of ether oxygens (including phenoxy) is 2. The second-order valence-corrected chi connectivity index (χ2v) is 9.43. The number of hydrazone groups is 1. The predicted molar refractivity (Wildman–Crippen MR) is 132 cm³/mol. The lowest BCUT2D eigenvalue weighted by molar-refractivity contribution is -0.119. The molecule has 0 saturated carbocycles. The Balaban J connectivity index is 1.92. The fraction of sp³-hybridized carbons (Fsp3) is 0.200. The molecule has 0 saturated heterocycles. The lowest BCUT2D eigenvalue weighted by Gasteiger charge is -2.25. The monoisotopic (exact) mass is 481 g/mol. The average molecular weight is 482 g/mol. The molecule has 0 aliphatic rings. The van der Waals surface area contributed by atoms with E-state index >= 15 is 0 Å². The maximum absolute atomic E-state index is 13.6. The van der Waals surface area contributed by atoms with Crippen molar-refractivity contribution >= 4 is 27.8 Å². The van der Waals surface area contributed by atoms with E-state index in [1.807, 2.05) is 38.1 Å². The molecule has 0 aliphatic heterocycles. The number of carbonyl (C=O) groups excluding carboxylic acids is 1. The third kappa shape index (κ3) is 5.93. The zero-order valence-electron chi connectivity index (χ0n) is 19.5. The third-order valence-electron chi connectivity index (χ3n) is 5.03. The molecule has 0 aliphatic carbocycles. The summed E-state index contributed by atoms with van der Waals surface area (Å²) < 4.78 is 38.7. The van der Waals surface area contributed by atoms with Crippen molar-refractivity contribution in [1.29, 1.82) is 0 Å². The van der Waals surface area contributed by atoms with Crippen molar-refractivity contribution in [2.24, 2.45) is 5.10 Å². The van der Waals surface area contributed by atoms with Crippen molar-refractivity contribution in [3.05, 3.63) is 83.4 Å². The number of benzene rings is 3. The number of carbonyl (C=O) groups is 1. The van der Waals surface area contributed by atoms with Gasteiger partial charge in [-0.2, -0.15) is 5.10 Å². The summed E-state index contributed by atoms with van der Waals surface area (Å²) in [5, 5.41) is 3.96. The van der Waals surface area contributed by atoms with E-state index < -0.39 is 22.5 Å². The molecule has 1 amide bonds. The van der Waals surface area contributed by atoms with E-state index in [4.69, 9.17) is 9.47 Å². The van der Waals surface area contributed by atoms with E-state index in [1.54, 1.807) is 24.3 Å². The number of methoxy groups -OCH3 is 2. The Morgan fingerprint density at radius 3 is 2.15 bits per heavy atom. The first-order valence-corrected chi connectivity index (χ1v) is 11.9. The Morgan fingerprint density at radius 2 is 1.56 bits per heavy atom. The number of sulfonamides is 1. The highest BCUT2D eigenvalue weighted by molar-refractivity contribution is 7.92. The molecule has 3 aromatic rings. The van der Waals surface area contributed by atoms with Gasteiger partial charge in [0.05, 0.1) is 31.0 Å². The van der Waals surface area contributed by atoms with Crippen molar-refractivity contribution in [2.45, 2.75) is 18.7 Å². The molecule has 0 atom stereocenters. The summed E-state index contributed by atoms with van der Waals surface area (Å²) in [4.78, 5) is 12.8. The van der Waals surface area contributed by atoms with E-state index in [-0.39, 0.29) is 16.3 Å². The van der Waals surface area contributed by atoms with Crippen LogP contribution in [0.3, 0.4) is 0 Å². The second-order valence-electron chi connectivity index (χ2n) is 7.57. The van der Waals surface area contributed by atoms with Gasteiger partial charge in [-0.1, -0.05) is 47.5 Å². The van der Waals surface area contributed by atoms with E-state index in [9.17, 15) is 13.2 Å². The van der Waals surface area contributed by atoms with Crippen molar-refractivity contribution in [1.82, 2.24) is 5.43 Å². The summed E-state index contributed by atoms with van der Waals surface area (Å²) in [6.45, 7) is 3.32. The highest BCUT2D eigenvalue weighted by atomic mass is 32.2. The van der Waals surface area contributed by atoms with Crippen LogP contribution in [0.15, 0.2) is 76.7 Å². The Labute approximate surface area is 199 Å². The first kappa shape index (κ1) is 24.8. The molecule has 1 N–H and O–H groups in total. The minimum atomic E-state index is -4.10. The number of nitrogens with zero attached hydrogens (tertiary/aromatic N) is 2. The van der Waals surface area contributed by atoms with E-state index in [2.05, 4.69) is 10.5 Å². The molecular weight excluding hydrogens is 454 g/mol. The van der Waals surface area contributed by atoms with Crippen molar-refractivity contribution < 1.29 is 22.7 Å². The van der Waals surface area contributed by atoms with Crippen LogP contribution in [-0.2, 0) is 14.8 Å². The van der Waals surface area contributed by atoms with Gasteiger partial charge in [-0.05, 0) is 43.7 Å². The van der Waals surface area contributed by atoms with Gasteiger partial charge in [-0.3, -0.25) is 9.10 Å². The Morgan fingerprint density at radius 1 is 0.941 bits per heavy atom. The molecule has 0 spiro atoms. The van der Waals surface area contributed by atoms with Gasteiger partial charge < -0.3 is 9.47 Å². The summed E-state index contributed by atoms with van der Waals surface area (Å²) in [7, 11) is -1.19. The summed E-state index contributed by atoms with van der Waals surface area (Å²) in [6, 6.07) is 18.7. The molecule has 178 valence electrons. The lowest BCUT2D eigenvalue weighted by Crippen LogP contribution is -2.39. The van der Waals surface area contributed by atoms with Crippen LogP contribution in [0.2, 0.25) is 0 Å². The standard InChI is InChI=1S/C25H27N3O5S/c1-18-5-9-20(10-6-18)16-26-27-25(29)17-28(23-14-11-21(32-3)15-24(23)33-4)34(30,31)22-12-7-19(2)8-13-22/h5-16H,17H2,1-4H3,(H,27,29)/b26-16-. The highest BCUT2D eigenvalue weighted by Crippen LogP contribution is 2.35. The summed E-state index contributed by atoms with van der Waals surface area (Å²) in [5.74, 6) is 0.114. The van der Waals surface area contributed by atoms with Crippen LogP contribution in [0.25, 0.3) is 0 Å². The van der Waals surface area contributed by atoms with Gasteiger partial charge in [0.15, 0.2) is 0 Å². The number of anilines is 1. The largest absolute Gasteiger partial charge is 0.497 e. The number of nitrogens with one attached hydrogen (secondary N) is 1. The van der Waals surface area contributed by atoms with Crippen LogP contribution >= 0.6 is 0 Å². The minimum absolute atomic E-state index is 0.0481. The zero-order valence-corrected chi connectivity index (χ0v) is 20.3. The van der Waals surface area contributed by atoms with Crippen molar-refractivity contribution in [3.8, 4) is 11.5 Å². The van der Waals surface area contributed by atoms with Crippen molar-refractivity contribution in [3.63, 3.8) is 0 Å². The molecular formula is C25H27N3O5S. The summed E-state index contributed by atoms with van der Waals surface area (Å²) >= 11 is 0. The Hall–Kier alpha value is -3.85. The number of amides is 1. The Bertz CT molecular complexity index is 1270. The number of hydrogen-bond acceptors (Lipinski definition) is 6. The zero-order chi connectivity index (χ0) is 24.7. The van der Waals surface area contributed by atoms with Crippen LogP contribution < -0.4 is 19.2 Å². The molecule has 9 heteroatoms. The maximum Gasteiger partial charge on any atom is 0.264 e. The number of hydrogen-bond donors (Lipinski definition) is 1. The Kier molecular flexibility index (Phi) is 7.91. The predicted octanol–water partition coefficient (Wildman–Crippen LogP) is 3.67. The first-order chi connectivity index (χ1) is 16.2. The van der Waals surface area contributed by atoms with E-state index in [1.165, 1.54) is 38.6 Å².